The van der Waals surface area contributed by atoms with E-state index < -0.39 is 10.0 Å². The highest BCUT2D eigenvalue weighted by molar-refractivity contribution is 7.89. The maximum atomic E-state index is 12.6. The lowest BCUT2D eigenvalue weighted by Gasteiger charge is -2.32. The zero-order valence-corrected chi connectivity index (χ0v) is 12.5. The van der Waals surface area contributed by atoms with Gasteiger partial charge in [-0.3, -0.25) is 0 Å². The summed E-state index contributed by atoms with van der Waals surface area (Å²) in [6.07, 6.45) is 1.03. The van der Waals surface area contributed by atoms with Gasteiger partial charge < -0.3 is 10.8 Å². The Balaban J connectivity index is 2.15. The molecule has 0 bridgehead atoms. The molecule has 0 aromatic heterocycles. The van der Waals surface area contributed by atoms with Gasteiger partial charge in [-0.1, -0.05) is 12.1 Å². The van der Waals surface area contributed by atoms with Gasteiger partial charge in [0.25, 0.3) is 0 Å². The van der Waals surface area contributed by atoms with Crippen LogP contribution in [0.2, 0.25) is 0 Å². The van der Waals surface area contributed by atoms with E-state index in [2.05, 4.69) is 0 Å². The Hall–Kier alpha value is -0.950. The SMILES string of the molecule is CC(O)C1CCN(S(=O)(=O)c2cccc(CN)c2)CC1. The van der Waals surface area contributed by atoms with Crippen molar-refractivity contribution in [2.45, 2.75) is 37.3 Å². The van der Waals surface area contributed by atoms with Gasteiger partial charge in [0.15, 0.2) is 0 Å². The maximum Gasteiger partial charge on any atom is 0.243 e. The highest BCUT2D eigenvalue weighted by Gasteiger charge is 2.30. The van der Waals surface area contributed by atoms with Crippen LogP contribution in [-0.2, 0) is 16.6 Å². The fourth-order valence-corrected chi connectivity index (χ4v) is 4.12. The van der Waals surface area contributed by atoms with Crippen LogP contribution < -0.4 is 5.73 Å². The summed E-state index contributed by atoms with van der Waals surface area (Å²) in [5.74, 6) is 0.192. The summed E-state index contributed by atoms with van der Waals surface area (Å²) in [7, 11) is -3.45. The first-order valence-corrected chi connectivity index (χ1v) is 8.36. The maximum absolute atomic E-state index is 12.6. The lowest BCUT2D eigenvalue weighted by Crippen LogP contribution is -2.40. The van der Waals surface area contributed by atoms with Gasteiger partial charge in [0.1, 0.15) is 0 Å². The third kappa shape index (κ3) is 3.20. The van der Waals surface area contributed by atoms with Gasteiger partial charge in [0, 0.05) is 19.6 Å². The van der Waals surface area contributed by atoms with E-state index in [4.69, 9.17) is 5.73 Å². The van der Waals surface area contributed by atoms with Gasteiger partial charge in [-0.25, -0.2) is 8.42 Å². The number of hydrogen-bond donors (Lipinski definition) is 2. The molecule has 112 valence electrons. The van der Waals surface area contributed by atoms with Crippen molar-refractivity contribution in [3.8, 4) is 0 Å². The molecule has 1 atom stereocenters. The molecular weight excluding hydrogens is 276 g/mol. The van der Waals surface area contributed by atoms with E-state index in [1.807, 2.05) is 6.07 Å². The van der Waals surface area contributed by atoms with Crippen molar-refractivity contribution in [2.75, 3.05) is 13.1 Å². The van der Waals surface area contributed by atoms with Crippen molar-refractivity contribution < 1.29 is 13.5 Å². The second kappa shape index (κ2) is 6.22. The molecule has 1 aliphatic rings. The molecule has 1 unspecified atom stereocenters. The molecule has 6 heteroatoms. The molecule has 2 rings (SSSR count). The number of nitrogens with zero attached hydrogens (tertiary/aromatic N) is 1. The second-order valence-electron chi connectivity index (χ2n) is 5.33. The number of rotatable bonds is 4. The van der Waals surface area contributed by atoms with Crippen molar-refractivity contribution in [3.05, 3.63) is 29.8 Å². The fraction of sp³-hybridized carbons (Fsp3) is 0.571. The Morgan fingerprint density at radius 3 is 2.60 bits per heavy atom. The molecule has 20 heavy (non-hydrogen) atoms. The van der Waals surface area contributed by atoms with E-state index >= 15 is 0 Å². The Morgan fingerprint density at radius 2 is 2.05 bits per heavy atom. The molecule has 0 aliphatic carbocycles. The molecule has 1 aromatic rings. The largest absolute Gasteiger partial charge is 0.393 e. The predicted octanol–water partition coefficient (Wildman–Crippen LogP) is 0.927. The van der Waals surface area contributed by atoms with Crippen LogP contribution >= 0.6 is 0 Å². The molecule has 5 nitrogen and oxygen atoms in total. The third-order valence-electron chi connectivity index (χ3n) is 3.95. The number of benzene rings is 1. The van der Waals surface area contributed by atoms with E-state index in [0.717, 1.165) is 5.56 Å². The molecule has 0 radical (unpaired) electrons. The van der Waals surface area contributed by atoms with E-state index in [9.17, 15) is 13.5 Å². The van der Waals surface area contributed by atoms with Crippen molar-refractivity contribution >= 4 is 10.0 Å². The van der Waals surface area contributed by atoms with Crippen LogP contribution in [0.3, 0.4) is 0 Å². The Labute approximate surface area is 120 Å². The fourth-order valence-electron chi connectivity index (χ4n) is 2.58. The highest BCUT2D eigenvalue weighted by atomic mass is 32.2. The lowest BCUT2D eigenvalue weighted by atomic mass is 9.93. The van der Waals surface area contributed by atoms with Crippen LogP contribution in [0.5, 0.6) is 0 Å². The molecule has 0 amide bonds. The number of hydrogen-bond acceptors (Lipinski definition) is 4. The zero-order valence-electron chi connectivity index (χ0n) is 11.7. The summed E-state index contributed by atoms with van der Waals surface area (Å²) in [4.78, 5) is 0.302. The van der Waals surface area contributed by atoms with E-state index in [-0.39, 0.29) is 12.0 Å². The molecule has 1 aromatic carbocycles. The average Bonchev–Trinajstić information content (AvgIpc) is 2.47. The summed E-state index contributed by atoms with van der Waals surface area (Å²) in [6.45, 7) is 3.02. The third-order valence-corrected chi connectivity index (χ3v) is 5.85. The first-order valence-electron chi connectivity index (χ1n) is 6.92. The summed E-state index contributed by atoms with van der Waals surface area (Å²) in [5, 5.41) is 9.57. The minimum atomic E-state index is -3.45. The molecule has 1 heterocycles. The van der Waals surface area contributed by atoms with Crippen LogP contribution in [0, 0.1) is 5.92 Å². The molecule has 0 saturated carbocycles. The predicted molar refractivity (Wildman–Crippen MR) is 77.5 cm³/mol. The summed E-state index contributed by atoms with van der Waals surface area (Å²) in [6, 6.07) is 6.78. The van der Waals surface area contributed by atoms with Gasteiger partial charge in [0.05, 0.1) is 11.0 Å². The van der Waals surface area contributed by atoms with Crippen LogP contribution in [0.15, 0.2) is 29.2 Å². The zero-order chi connectivity index (χ0) is 14.8. The Bertz CT molecular complexity index is 549. The monoisotopic (exact) mass is 298 g/mol. The topological polar surface area (TPSA) is 83.6 Å². The van der Waals surface area contributed by atoms with E-state index in [1.165, 1.54) is 4.31 Å². The lowest BCUT2D eigenvalue weighted by molar-refractivity contribution is 0.0912. The summed E-state index contributed by atoms with van der Waals surface area (Å²) in [5.41, 5.74) is 6.37. The normalized spacial score (nSPS) is 19.9. The quantitative estimate of drug-likeness (QED) is 0.866. The molecular formula is C14H22N2O3S. The van der Waals surface area contributed by atoms with Gasteiger partial charge in [-0.05, 0) is 43.4 Å². The Kier molecular flexibility index (Phi) is 4.80. The minimum absolute atomic E-state index is 0.192. The second-order valence-corrected chi connectivity index (χ2v) is 7.27. The number of aliphatic hydroxyl groups excluding tert-OH is 1. The van der Waals surface area contributed by atoms with Crippen LogP contribution in [-0.4, -0.2) is 37.0 Å². The average molecular weight is 298 g/mol. The highest BCUT2D eigenvalue weighted by Crippen LogP contribution is 2.25. The number of piperidine rings is 1. The van der Waals surface area contributed by atoms with Crippen molar-refractivity contribution in [1.29, 1.82) is 0 Å². The molecule has 1 saturated heterocycles. The van der Waals surface area contributed by atoms with Crippen LogP contribution in [0.25, 0.3) is 0 Å². The number of nitrogens with two attached hydrogens (primary N) is 1. The summed E-state index contributed by atoms with van der Waals surface area (Å²) >= 11 is 0. The number of sulfonamides is 1. The molecule has 3 N–H and O–H groups in total. The van der Waals surface area contributed by atoms with Crippen molar-refractivity contribution in [2.24, 2.45) is 11.7 Å². The van der Waals surface area contributed by atoms with Crippen molar-refractivity contribution in [1.82, 2.24) is 4.31 Å². The smallest absolute Gasteiger partial charge is 0.243 e. The molecule has 0 spiro atoms. The summed E-state index contributed by atoms with van der Waals surface area (Å²) < 4.78 is 26.6. The first-order chi connectivity index (χ1) is 9.45. The van der Waals surface area contributed by atoms with Gasteiger partial charge in [-0.2, -0.15) is 4.31 Å². The number of aliphatic hydroxyl groups is 1. The minimum Gasteiger partial charge on any atom is -0.393 e. The van der Waals surface area contributed by atoms with Crippen LogP contribution in [0.4, 0.5) is 0 Å². The van der Waals surface area contributed by atoms with Gasteiger partial charge in [-0.15, -0.1) is 0 Å². The van der Waals surface area contributed by atoms with Gasteiger partial charge in [0.2, 0.25) is 10.0 Å². The molecule has 1 fully saturated rings. The van der Waals surface area contributed by atoms with Crippen LogP contribution in [0.1, 0.15) is 25.3 Å². The standard InChI is InChI=1S/C14H22N2O3S/c1-11(17)13-5-7-16(8-6-13)20(18,19)14-4-2-3-12(9-14)10-15/h2-4,9,11,13,17H,5-8,10,15H2,1H3. The van der Waals surface area contributed by atoms with E-state index in [0.29, 0.717) is 37.4 Å². The van der Waals surface area contributed by atoms with Crippen molar-refractivity contribution in [3.63, 3.8) is 0 Å². The van der Waals surface area contributed by atoms with Gasteiger partial charge >= 0.3 is 0 Å². The first kappa shape index (κ1) is 15.4. The van der Waals surface area contributed by atoms with E-state index in [1.54, 1.807) is 25.1 Å². The molecule has 1 aliphatic heterocycles. The Morgan fingerprint density at radius 1 is 1.40 bits per heavy atom.